The van der Waals surface area contributed by atoms with E-state index in [1.165, 1.54) is 5.56 Å². The Bertz CT molecular complexity index is 650. The maximum absolute atomic E-state index is 5.47. The maximum atomic E-state index is 5.47. The lowest BCUT2D eigenvalue weighted by Crippen LogP contribution is -1.85. The molecule has 3 rings (SSSR count). The van der Waals surface area contributed by atoms with E-state index in [1.807, 2.05) is 37.3 Å². The van der Waals surface area contributed by atoms with Crippen molar-refractivity contribution in [2.45, 2.75) is 13.3 Å². The average Bonchev–Trinajstić information content (AvgIpc) is 2.84. The van der Waals surface area contributed by atoms with E-state index < -0.39 is 0 Å². The highest BCUT2D eigenvalue weighted by molar-refractivity contribution is 5.47. The van der Waals surface area contributed by atoms with Gasteiger partial charge >= 0.3 is 0 Å². The van der Waals surface area contributed by atoms with E-state index in [1.54, 1.807) is 0 Å². The maximum Gasteiger partial charge on any atom is 0.122 e. The normalized spacial score (nSPS) is 12.3. The van der Waals surface area contributed by atoms with Gasteiger partial charge in [0.2, 0.25) is 0 Å². The third-order valence-electron chi connectivity index (χ3n) is 2.91. The van der Waals surface area contributed by atoms with Crippen LogP contribution in [0.15, 0.2) is 36.4 Å². The van der Waals surface area contributed by atoms with E-state index in [4.69, 9.17) is 4.74 Å². The van der Waals surface area contributed by atoms with Crippen molar-refractivity contribution >= 4 is 0 Å². The molecule has 18 heavy (non-hydrogen) atoms. The Morgan fingerprint density at radius 1 is 1.17 bits per heavy atom. The van der Waals surface area contributed by atoms with Crippen LogP contribution < -0.4 is 4.74 Å². The standard InChI is InChI=1S/C16H13NO/c1-12-3-2-4-15(17-12)7-5-13-6-8-16-14(11-13)9-10-18-16/h2-4,6,8,11H,9-10H2,1H3. The number of fused-ring (bicyclic) bond motifs is 1. The van der Waals surface area contributed by atoms with Gasteiger partial charge in [0.05, 0.1) is 6.61 Å². The molecule has 2 heteroatoms. The van der Waals surface area contributed by atoms with Gasteiger partial charge in [0.25, 0.3) is 0 Å². The molecule has 0 bridgehead atoms. The van der Waals surface area contributed by atoms with Gasteiger partial charge in [-0.3, -0.25) is 0 Å². The molecule has 0 unspecified atom stereocenters. The first-order valence-corrected chi connectivity index (χ1v) is 6.03. The predicted octanol–water partition coefficient (Wildman–Crippen LogP) is 2.72. The number of ether oxygens (including phenoxy) is 1. The van der Waals surface area contributed by atoms with Crippen LogP contribution in [0, 0.1) is 18.8 Å². The molecule has 1 aliphatic rings. The predicted molar refractivity (Wildman–Crippen MR) is 70.6 cm³/mol. The van der Waals surface area contributed by atoms with Crippen molar-refractivity contribution in [3.63, 3.8) is 0 Å². The molecule has 2 nitrogen and oxygen atoms in total. The van der Waals surface area contributed by atoms with E-state index in [0.29, 0.717) is 0 Å². The first-order valence-electron chi connectivity index (χ1n) is 6.03. The van der Waals surface area contributed by atoms with Crippen molar-refractivity contribution in [2.75, 3.05) is 6.61 Å². The van der Waals surface area contributed by atoms with Crippen LogP contribution in [-0.2, 0) is 6.42 Å². The zero-order valence-corrected chi connectivity index (χ0v) is 10.2. The largest absolute Gasteiger partial charge is 0.493 e. The second-order valence-electron chi connectivity index (χ2n) is 4.34. The number of aromatic nitrogens is 1. The van der Waals surface area contributed by atoms with E-state index in [-0.39, 0.29) is 0 Å². The Kier molecular flexibility index (Phi) is 2.74. The summed E-state index contributed by atoms with van der Waals surface area (Å²) >= 11 is 0. The minimum absolute atomic E-state index is 0.783. The molecule has 2 heterocycles. The van der Waals surface area contributed by atoms with Crippen LogP contribution in [0.5, 0.6) is 5.75 Å². The zero-order chi connectivity index (χ0) is 12.4. The van der Waals surface area contributed by atoms with Crippen LogP contribution in [0.4, 0.5) is 0 Å². The molecule has 1 aromatic carbocycles. The molecule has 0 saturated heterocycles. The van der Waals surface area contributed by atoms with Gasteiger partial charge in [-0.1, -0.05) is 12.0 Å². The van der Waals surface area contributed by atoms with Crippen molar-refractivity contribution in [1.29, 1.82) is 0 Å². The molecule has 0 N–H and O–H groups in total. The summed E-state index contributed by atoms with van der Waals surface area (Å²) < 4.78 is 5.47. The third kappa shape index (κ3) is 2.21. The SMILES string of the molecule is Cc1cccc(C#Cc2ccc3c(c2)CCO3)n1. The Balaban J connectivity index is 1.89. The van der Waals surface area contributed by atoms with E-state index in [2.05, 4.69) is 22.9 Å². The second-order valence-corrected chi connectivity index (χ2v) is 4.34. The number of benzene rings is 1. The number of hydrogen-bond donors (Lipinski definition) is 0. The van der Waals surface area contributed by atoms with Crippen molar-refractivity contribution in [1.82, 2.24) is 4.98 Å². The summed E-state index contributed by atoms with van der Waals surface area (Å²) in [5, 5.41) is 0. The summed E-state index contributed by atoms with van der Waals surface area (Å²) in [4.78, 5) is 4.36. The molecule has 0 atom stereocenters. The average molecular weight is 235 g/mol. The van der Waals surface area contributed by atoms with Gasteiger partial charge in [-0.25, -0.2) is 4.98 Å². The summed E-state index contributed by atoms with van der Waals surface area (Å²) in [6, 6.07) is 12.0. The highest BCUT2D eigenvalue weighted by atomic mass is 16.5. The number of pyridine rings is 1. The van der Waals surface area contributed by atoms with E-state index in [9.17, 15) is 0 Å². The molecular formula is C16H13NO. The molecule has 88 valence electrons. The topological polar surface area (TPSA) is 22.1 Å². The van der Waals surface area contributed by atoms with Gasteiger partial charge in [-0.15, -0.1) is 0 Å². The highest BCUT2D eigenvalue weighted by Gasteiger charge is 2.10. The molecule has 1 aliphatic heterocycles. The second kappa shape index (κ2) is 4.54. The summed E-state index contributed by atoms with van der Waals surface area (Å²) in [5.74, 6) is 7.24. The quantitative estimate of drug-likeness (QED) is 0.655. The van der Waals surface area contributed by atoms with Crippen LogP contribution in [0.25, 0.3) is 0 Å². The summed E-state index contributed by atoms with van der Waals surface area (Å²) in [7, 11) is 0. The Morgan fingerprint density at radius 3 is 3.00 bits per heavy atom. The smallest absolute Gasteiger partial charge is 0.122 e. The van der Waals surface area contributed by atoms with Crippen LogP contribution >= 0.6 is 0 Å². The molecule has 0 spiro atoms. The van der Waals surface area contributed by atoms with Gasteiger partial charge in [-0.2, -0.15) is 0 Å². The minimum atomic E-state index is 0.783. The highest BCUT2D eigenvalue weighted by Crippen LogP contribution is 2.25. The van der Waals surface area contributed by atoms with Crippen LogP contribution in [0.1, 0.15) is 22.5 Å². The van der Waals surface area contributed by atoms with Gasteiger partial charge < -0.3 is 4.74 Å². The van der Waals surface area contributed by atoms with Crippen LogP contribution in [0.3, 0.4) is 0 Å². The fourth-order valence-electron chi connectivity index (χ4n) is 2.01. The number of rotatable bonds is 0. The Morgan fingerprint density at radius 2 is 2.11 bits per heavy atom. The lowest BCUT2D eigenvalue weighted by molar-refractivity contribution is 0.357. The minimum Gasteiger partial charge on any atom is -0.493 e. The Hall–Kier alpha value is -2.27. The van der Waals surface area contributed by atoms with Gasteiger partial charge in [0.15, 0.2) is 0 Å². The summed E-state index contributed by atoms with van der Waals surface area (Å²) in [6.45, 7) is 2.75. The van der Waals surface area contributed by atoms with E-state index >= 15 is 0 Å². The van der Waals surface area contributed by atoms with Crippen molar-refractivity contribution in [2.24, 2.45) is 0 Å². The monoisotopic (exact) mass is 235 g/mol. The van der Waals surface area contributed by atoms with Crippen LogP contribution in [-0.4, -0.2) is 11.6 Å². The van der Waals surface area contributed by atoms with Crippen LogP contribution in [0.2, 0.25) is 0 Å². The van der Waals surface area contributed by atoms with Crippen molar-refractivity contribution in [3.8, 4) is 17.6 Å². The molecule has 0 amide bonds. The summed E-state index contributed by atoms with van der Waals surface area (Å²) in [6.07, 6.45) is 0.980. The molecule has 0 aliphatic carbocycles. The molecule has 2 aromatic rings. The molecule has 0 saturated carbocycles. The fourth-order valence-corrected chi connectivity index (χ4v) is 2.01. The fraction of sp³-hybridized carbons (Fsp3) is 0.188. The van der Waals surface area contributed by atoms with E-state index in [0.717, 1.165) is 35.7 Å². The first kappa shape index (κ1) is 10.9. The zero-order valence-electron chi connectivity index (χ0n) is 10.2. The van der Waals surface area contributed by atoms with Crippen molar-refractivity contribution in [3.05, 3.63) is 58.9 Å². The molecular weight excluding hydrogens is 222 g/mol. The van der Waals surface area contributed by atoms with Gasteiger partial charge in [0.1, 0.15) is 11.4 Å². The number of hydrogen-bond acceptors (Lipinski definition) is 2. The molecule has 0 radical (unpaired) electrons. The first-order chi connectivity index (χ1) is 8.81. The van der Waals surface area contributed by atoms with Gasteiger partial charge in [-0.05, 0) is 48.7 Å². The number of nitrogens with zero attached hydrogens (tertiary/aromatic N) is 1. The third-order valence-corrected chi connectivity index (χ3v) is 2.91. The number of aryl methyl sites for hydroxylation is 1. The molecule has 0 fully saturated rings. The Labute approximate surface area is 107 Å². The van der Waals surface area contributed by atoms with Crippen molar-refractivity contribution < 1.29 is 4.74 Å². The molecule has 1 aromatic heterocycles. The lowest BCUT2D eigenvalue weighted by atomic mass is 10.1. The summed E-state index contributed by atoms with van der Waals surface area (Å²) in [5.41, 5.74) is 4.07. The van der Waals surface area contributed by atoms with Gasteiger partial charge in [0, 0.05) is 17.7 Å². The lowest BCUT2D eigenvalue weighted by Gasteiger charge is -1.98.